The Morgan fingerprint density at radius 2 is 2.14 bits per heavy atom. The van der Waals surface area contributed by atoms with Gasteiger partial charge in [0.05, 0.1) is 25.4 Å². The van der Waals surface area contributed by atoms with Gasteiger partial charge in [-0.05, 0) is 32.0 Å². The van der Waals surface area contributed by atoms with Crippen molar-refractivity contribution < 1.29 is 9.21 Å². The highest BCUT2D eigenvalue weighted by molar-refractivity contribution is 5.79. The standard InChI is InChI=1S/C16H23N3O2/c1-19(11-14-7-6-10-21-14)12-15(20)18-16(13-17)8-4-2-3-5-9-16/h6-7,10H,2-5,8-9,11-12H2,1H3,(H,18,20). The first kappa shape index (κ1) is 15.6. The Labute approximate surface area is 125 Å². The van der Waals surface area contributed by atoms with Crippen molar-refractivity contribution in [2.45, 2.75) is 50.6 Å². The van der Waals surface area contributed by atoms with E-state index in [1.54, 1.807) is 6.26 Å². The lowest BCUT2D eigenvalue weighted by Gasteiger charge is -2.27. The summed E-state index contributed by atoms with van der Waals surface area (Å²) in [6, 6.07) is 6.06. The van der Waals surface area contributed by atoms with Gasteiger partial charge in [-0.1, -0.05) is 25.7 Å². The highest BCUT2D eigenvalue weighted by atomic mass is 16.3. The van der Waals surface area contributed by atoms with E-state index >= 15 is 0 Å². The summed E-state index contributed by atoms with van der Waals surface area (Å²) in [5, 5.41) is 12.4. The molecule has 114 valence electrons. The van der Waals surface area contributed by atoms with E-state index in [4.69, 9.17) is 4.42 Å². The van der Waals surface area contributed by atoms with Crippen LogP contribution in [0.1, 0.15) is 44.3 Å². The average Bonchev–Trinajstić information content (AvgIpc) is 2.83. The molecule has 0 bridgehead atoms. The maximum absolute atomic E-state index is 12.2. The van der Waals surface area contributed by atoms with Gasteiger partial charge in [0.1, 0.15) is 11.3 Å². The van der Waals surface area contributed by atoms with Gasteiger partial charge in [0.15, 0.2) is 0 Å². The number of likely N-dealkylation sites (N-methyl/N-ethyl adjacent to an activating group) is 1. The molecule has 21 heavy (non-hydrogen) atoms. The molecule has 5 heteroatoms. The topological polar surface area (TPSA) is 69.3 Å². The van der Waals surface area contributed by atoms with Crippen molar-refractivity contribution in [2.75, 3.05) is 13.6 Å². The molecule has 1 fully saturated rings. The molecule has 0 unspecified atom stereocenters. The molecule has 0 radical (unpaired) electrons. The quantitative estimate of drug-likeness (QED) is 0.845. The predicted molar refractivity (Wildman–Crippen MR) is 79.2 cm³/mol. The summed E-state index contributed by atoms with van der Waals surface area (Å²) >= 11 is 0. The van der Waals surface area contributed by atoms with Gasteiger partial charge < -0.3 is 9.73 Å². The third kappa shape index (κ3) is 4.61. The van der Waals surface area contributed by atoms with Gasteiger partial charge in [0, 0.05) is 0 Å². The Balaban J connectivity index is 1.86. The van der Waals surface area contributed by atoms with E-state index in [-0.39, 0.29) is 12.5 Å². The molecule has 0 saturated heterocycles. The van der Waals surface area contributed by atoms with Crippen molar-refractivity contribution in [2.24, 2.45) is 0 Å². The first-order valence-corrected chi connectivity index (χ1v) is 7.57. The number of nitrogens with zero attached hydrogens (tertiary/aromatic N) is 2. The van der Waals surface area contributed by atoms with Crippen LogP contribution in [-0.2, 0) is 11.3 Å². The van der Waals surface area contributed by atoms with Crippen LogP contribution in [0, 0.1) is 11.3 Å². The summed E-state index contributed by atoms with van der Waals surface area (Å²) in [5.41, 5.74) is -0.668. The minimum Gasteiger partial charge on any atom is -0.468 e. The first-order chi connectivity index (χ1) is 10.1. The maximum Gasteiger partial charge on any atom is 0.235 e. The summed E-state index contributed by atoms with van der Waals surface area (Å²) < 4.78 is 5.27. The van der Waals surface area contributed by atoms with Crippen molar-refractivity contribution in [1.29, 1.82) is 5.26 Å². The zero-order valence-electron chi connectivity index (χ0n) is 12.6. The number of carbonyl (C=O) groups excluding carboxylic acids is 1. The SMILES string of the molecule is CN(CC(=O)NC1(C#N)CCCCCC1)Cc1ccco1. The number of nitriles is 1. The number of carbonyl (C=O) groups is 1. The van der Waals surface area contributed by atoms with Gasteiger partial charge in [-0.25, -0.2) is 0 Å². The lowest BCUT2D eigenvalue weighted by atomic mass is 9.92. The molecule has 1 aromatic rings. The normalized spacial score (nSPS) is 18.0. The Morgan fingerprint density at radius 1 is 1.43 bits per heavy atom. The van der Waals surface area contributed by atoms with Gasteiger partial charge in [-0.15, -0.1) is 0 Å². The second-order valence-electron chi connectivity index (χ2n) is 5.91. The van der Waals surface area contributed by atoms with Crippen LogP contribution in [0.25, 0.3) is 0 Å². The summed E-state index contributed by atoms with van der Waals surface area (Å²) in [7, 11) is 1.87. The smallest absolute Gasteiger partial charge is 0.235 e. The van der Waals surface area contributed by atoms with E-state index < -0.39 is 5.54 Å². The maximum atomic E-state index is 12.2. The number of hydrogen-bond donors (Lipinski definition) is 1. The second-order valence-corrected chi connectivity index (χ2v) is 5.91. The van der Waals surface area contributed by atoms with Gasteiger partial charge >= 0.3 is 0 Å². The molecule has 1 aliphatic rings. The molecule has 1 aliphatic carbocycles. The van der Waals surface area contributed by atoms with E-state index in [1.165, 1.54) is 0 Å². The Kier molecular flexibility index (Phi) is 5.40. The van der Waals surface area contributed by atoms with Crippen LogP contribution >= 0.6 is 0 Å². The van der Waals surface area contributed by atoms with E-state index in [9.17, 15) is 10.1 Å². The number of rotatable bonds is 5. The summed E-state index contributed by atoms with van der Waals surface area (Å²) in [6.07, 6.45) is 7.47. The highest BCUT2D eigenvalue weighted by Gasteiger charge is 2.32. The van der Waals surface area contributed by atoms with E-state index in [2.05, 4.69) is 11.4 Å². The van der Waals surface area contributed by atoms with Gasteiger partial charge in [0.2, 0.25) is 5.91 Å². The minimum atomic E-state index is -0.668. The summed E-state index contributed by atoms with van der Waals surface area (Å²) in [5.74, 6) is 0.738. The molecule has 5 nitrogen and oxygen atoms in total. The van der Waals surface area contributed by atoms with Gasteiger partial charge in [-0.3, -0.25) is 9.69 Å². The average molecular weight is 289 g/mol. The summed E-state index contributed by atoms with van der Waals surface area (Å²) in [4.78, 5) is 14.1. The van der Waals surface area contributed by atoms with Crippen molar-refractivity contribution in [3.05, 3.63) is 24.2 Å². The Hall–Kier alpha value is -1.80. The summed E-state index contributed by atoms with van der Waals surface area (Å²) in [6.45, 7) is 0.851. The third-order valence-electron chi connectivity index (χ3n) is 3.97. The van der Waals surface area contributed by atoms with Crippen LogP contribution < -0.4 is 5.32 Å². The number of hydrogen-bond acceptors (Lipinski definition) is 4. The van der Waals surface area contributed by atoms with Crippen molar-refractivity contribution >= 4 is 5.91 Å². The zero-order valence-corrected chi connectivity index (χ0v) is 12.6. The molecule has 1 N–H and O–H groups in total. The van der Waals surface area contributed by atoms with E-state index in [0.717, 1.165) is 44.3 Å². The fourth-order valence-electron chi connectivity index (χ4n) is 2.87. The van der Waals surface area contributed by atoms with Crippen LogP contribution in [0.15, 0.2) is 22.8 Å². The number of amides is 1. The molecular formula is C16H23N3O2. The molecular weight excluding hydrogens is 266 g/mol. The molecule has 0 spiro atoms. The fourth-order valence-corrected chi connectivity index (χ4v) is 2.87. The molecule has 1 amide bonds. The molecule has 0 atom stereocenters. The predicted octanol–water partition coefficient (Wildman–Crippen LogP) is 2.44. The third-order valence-corrected chi connectivity index (χ3v) is 3.97. The Bertz CT molecular complexity index is 482. The Morgan fingerprint density at radius 3 is 2.71 bits per heavy atom. The monoisotopic (exact) mass is 289 g/mol. The first-order valence-electron chi connectivity index (χ1n) is 7.57. The molecule has 0 aromatic carbocycles. The molecule has 1 saturated carbocycles. The van der Waals surface area contributed by atoms with E-state index in [0.29, 0.717) is 6.54 Å². The van der Waals surface area contributed by atoms with Crippen LogP contribution in [0.3, 0.4) is 0 Å². The molecule has 1 aromatic heterocycles. The number of furan rings is 1. The lowest BCUT2D eigenvalue weighted by Crippen LogP contribution is -2.49. The van der Waals surface area contributed by atoms with Crippen LogP contribution in [0.4, 0.5) is 0 Å². The van der Waals surface area contributed by atoms with Gasteiger partial charge in [0.25, 0.3) is 0 Å². The fraction of sp³-hybridized carbons (Fsp3) is 0.625. The largest absolute Gasteiger partial charge is 0.468 e. The highest BCUT2D eigenvalue weighted by Crippen LogP contribution is 2.26. The van der Waals surface area contributed by atoms with Crippen LogP contribution in [0.5, 0.6) is 0 Å². The lowest BCUT2D eigenvalue weighted by molar-refractivity contribution is -0.123. The van der Waals surface area contributed by atoms with Crippen molar-refractivity contribution in [3.63, 3.8) is 0 Å². The van der Waals surface area contributed by atoms with Gasteiger partial charge in [-0.2, -0.15) is 5.26 Å². The van der Waals surface area contributed by atoms with Crippen LogP contribution in [-0.4, -0.2) is 29.9 Å². The van der Waals surface area contributed by atoms with Crippen molar-refractivity contribution in [3.8, 4) is 6.07 Å². The number of nitrogens with one attached hydrogen (secondary N) is 1. The molecule has 0 aliphatic heterocycles. The van der Waals surface area contributed by atoms with Crippen LogP contribution in [0.2, 0.25) is 0 Å². The van der Waals surface area contributed by atoms with E-state index in [1.807, 2.05) is 24.1 Å². The minimum absolute atomic E-state index is 0.0903. The van der Waals surface area contributed by atoms with Crippen molar-refractivity contribution in [1.82, 2.24) is 10.2 Å². The molecule has 2 rings (SSSR count). The molecule has 1 heterocycles. The second kappa shape index (κ2) is 7.28. The zero-order chi connectivity index (χ0) is 15.1.